The van der Waals surface area contributed by atoms with Gasteiger partial charge in [0, 0.05) is 22.3 Å². The zero-order valence-corrected chi connectivity index (χ0v) is 13.8. The van der Waals surface area contributed by atoms with E-state index >= 15 is 0 Å². The summed E-state index contributed by atoms with van der Waals surface area (Å²) in [5.41, 5.74) is 1.93. The van der Waals surface area contributed by atoms with Gasteiger partial charge in [0.2, 0.25) is 0 Å². The van der Waals surface area contributed by atoms with Crippen molar-refractivity contribution in [2.75, 3.05) is 10.6 Å². The molecule has 0 fully saturated rings. The van der Waals surface area contributed by atoms with Crippen molar-refractivity contribution < 1.29 is 4.79 Å². The van der Waals surface area contributed by atoms with Crippen LogP contribution >= 0.6 is 22.9 Å². The number of hydrogen-bond acceptors (Lipinski definition) is 5. The minimum absolute atomic E-state index is 0.282. The molecule has 0 saturated carbocycles. The van der Waals surface area contributed by atoms with Crippen molar-refractivity contribution in [1.29, 1.82) is 0 Å². The number of rotatable bonds is 4. The zero-order valence-electron chi connectivity index (χ0n) is 12.2. The average molecular weight is 345 g/mol. The molecule has 0 spiro atoms. The number of hydrogen-bond donors (Lipinski definition) is 2. The molecule has 2 aromatic heterocycles. The molecule has 1 aromatic carbocycles. The van der Waals surface area contributed by atoms with E-state index in [2.05, 4.69) is 20.6 Å². The highest BCUT2D eigenvalue weighted by Gasteiger charge is 2.12. The molecule has 23 heavy (non-hydrogen) atoms. The van der Waals surface area contributed by atoms with Crippen molar-refractivity contribution in [2.24, 2.45) is 0 Å². The number of halogens is 1. The minimum Gasteiger partial charge on any atom is -0.321 e. The molecule has 116 valence electrons. The fraction of sp³-hybridized carbons (Fsp3) is 0.0625. The largest absolute Gasteiger partial charge is 0.321 e. The first-order valence-electron chi connectivity index (χ1n) is 6.83. The van der Waals surface area contributed by atoms with Crippen molar-refractivity contribution in [3.05, 3.63) is 64.3 Å². The number of nitrogens with zero attached hydrogens (tertiary/aromatic N) is 2. The third-order valence-corrected chi connectivity index (χ3v) is 4.23. The van der Waals surface area contributed by atoms with Crippen LogP contribution in [0.5, 0.6) is 0 Å². The number of carbonyl (C=O) groups is 1. The van der Waals surface area contributed by atoms with Gasteiger partial charge in [-0.3, -0.25) is 4.79 Å². The molecule has 1 amide bonds. The van der Waals surface area contributed by atoms with E-state index in [1.165, 1.54) is 11.3 Å². The van der Waals surface area contributed by atoms with Crippen molar-refractivity contribution in [3.8, 4) is 0 Å². The van der Waals surface area contributed by atoms with Gasteiger partial charge in [0.25, 0.3) is 5.91 Å². The first-order chi connectivity index (χ1) is 11.1. The van der Waals surface area contributed by atoms with E-state index in [0.717, 1.165) is 5.56 Å². The molecule has 5 nitrogen and oxygen atoms in total. The maximum absolute atomic E-state index is 12.2. The summed E-state index contributed by atoms with van der Waals surface area (Å²) in [5.74, 6) is 0.398. The minimum atomic E-state index is -0.282. The van der Waals surface area contributed by atoms with Gasteiger partial charge in [-0.05, 0) is 36.8 Å². The van der Waals surface area contributed by atoms with Gasteiger partial charge in [-0.2, -0.15) is 0 Å². The van der Waals surface area contributed by atoms with Gasteiger partial charge >= 0.3 is 0 Å². The number of nitrogens with one attached hydrogen (secondary N) is 2. The molecular formula is C16H13ClN4OS. The second-order valence-electron chi connectivity index (χ2n) is 4.80. The Bertz CT molecular complexity index is 835. The predicted octanol–water partition coefficient (Wildman–Crippen LogP) is 4.50. The Balaban J connectivity index is 1.69. The highest BCUT2D eigenvalue weighted by atomic mass is 35.5. The normalized spacial score (nSPS) is 10.3. The van der Waals surface area contributed by atoms with Crippen LogP contribution in [0.2, 0.25) is 5.02 Å². The predicted molar refractivity (Wildman–Crippen MR) is 93.8 cm³/mol. The second kappa shape index (κ2) is 6.76. The van der Waals surface area contributed by atoms with Crippen LogP contribution in [0.15, 0.2) is 48.0 Å². The lowest BCUT2D eigenvalue weighted by Crippen LogP contribution is -2.12. The first-order valence-corrected chi connectivity index (χ1v) is 8.08. The smallest absolute Gasteiger partial charge is 0.275 e. The lowest BCUT2D eigenvalue weighted by molar-refractivity contribution is 0.102. The summed E-state index contributed by atoms with van der Waals surface area (Å²) in [6, 6.07) is 10.9. The topological polar surface area (TPSA) is 66.9 Å². The number of aryl methyl sites for hydroxylation is 1. The summed E-state index contributed by atoms with van der Waals surface area (Å²) >= 11 is 7.40. The average Bonchev–Trinajstić information content (AvgIpc) is 3.00. The Kier molecular flexibility index (Phi) is 4.55. The van der Waals surface area contributed by atoms with E-state index in [0.29, 0.717) is 27.4 Å². The summed E-state index contributed by atoms with van der Waals surface area (Å²) in [6.07, 6.45) is 1.69. The van der Waals surface area contributed by atoms with Crippen LogP contribution < -0.4 is 10.6 Å². The van der Waals surface area contributed by atoms with E-state index in [-0.39, 0.29) is 5.91 Å². The van der Waals surface area contributed by atoms with Gasteiger partial charge in [-0.1, -0.05) is 23.7 Å². The highest BCUT2D eigenvalue weighted by molar-refractivity contribution is 7.14. The molecule has 0 aliphatic carbocycles. The number of thiazole rings is 1. The molecule has 0 bridgehead atoms. The Labute approximate surface area is 142 Å². The molecule has 3 aromatic rings. The van der Waals surface area contributed by atoms with Crippen LogP contribution in [-0.2, 0) is 0 Å². The molecular weight excluding hydrogens is 332 g/mol. The van der Waals surface area contributed by atoms with Crippen LogP contribution in [0.3, 0.4) is 0 Å². The number of pyridine rings is 1. The molecule has 0 saturated heterocycles. The lowest BCUT2D eigenvalue weighted by atomic mass is 10.2. The summed E-state index contributed by atoms with van der Waals surface area (Å²) < 4.78 is 0. The highest BCUT2D eigenvalue weighted by Crippen LogP contribution is 2.22. The number of benzene rings is 1. The van der Waals surface area contributed by atoms with Crippen molar-refractivity contribution in [3.63, 3.8) is 0 Å². The summed E-state index contributed by atoms with van der Waals surface area (Å²) in [5, 5.41) is 8.74. The van der Waals surface area contributed by atoms with Crippen molar-refractivity contribution in [1.82, 2.24) is 9.97 Å². The van der Waals surface area contributed by atoms with E-state index in [1.54, 1.807) is 23.7 Å². The van der Waals surface area contributed by atoms with Crippen LogP contribution in [0.25, 0.3) is 0 Å². The van der Waals surface area contributed by atoms with Gasteiger partial charge in [0.15, 0.2) is 5.13 Å². The molecule has 3 rings (SSSR count). The standard InChI is InChI=1S/C16H13ClN4OS/c1-10-5-6-11(8-12(10)17)19-15(22)13-9-23-16(20-13)21-14-4-2-3-7-18-14/h2-9H,1H3,(H,19,22)(H,18,20,21). The molecule has 0 radical (unpaired) electrons. The quantitative estimate of drug-likeness (QED) is 0.731. The number of aromatic nitrogens is 2. The Hall–Kier alpha value is -2.44. The summed E-state index contributed by atoms with van der Waals surface area (Å²) in [6.45, 7) is 1.91. The third-order valence-electron chi connectivity index (χ3n) is 3.07. The fourth-order valence-corrected chi connectivity index (χ4v) is 2.73. The SMILES string of the molecule is Cc1ccc(NC(=O)c2csc(Nc3ccccn3)n2)cc1Cl. The van der Waals surface area contributed by atoms with E-state index in [1.807, 2.05) is 31.2 Å². The van der Waals surface area contributed by atoms with Crippen molar-refractivity contribution in [2.45, 2.75) is 6.92 Å². The Morgan fingerprint density at radius 3 is 2.87 bits per heavy atom. The monoisotopic (exact) mass is 344 g/mol. The molecule has 2 heterocycles. The fourth-order valence-electron chi connectivity index (χ4n) is 1.85. The van der Waals surface area contributed by atoms with Gasteiger partial charge in [-0.25, -0.2) is 9.97 Å². The zero-order chi connectivity index (χ0) is 16.2. The lowest BCUT2D eigenvalue weighted by Gasteiger charge is -2.05. The van der Waals surface area contributed by atoms with Gasteiger partial charge in [0.05, 0.1) is 0 Å². The molecule has 2 N–H and O–H groups in total. The van der Waals surface area contributed by atoms with Crippen LogP contribution in [-0.4, -0.2) is 15.9 Å². The van der Waals surface area contributed by atoms with Crippen LogP contribution in [0, 0.1) is 6.92 Å². The van der Waals surface area contributed by atoms with Gasteiger partial charge in [0.1, 0.15) is 11.5 Å². The number of carbonyl (C=O) groups excluding carboxylic acids is 1. The maximum Gasteiger partial charge on any atom is 0.275 e. The molecule has 0 atom stereocenters. The van der Waals surface area contributed by atoms with Crippen LogP contribution in [0.1, 0.15) is 16.1 Å². The number of anilines is 3. The Morgan fingerprint density at radius 2 is 2.13 bits per heavy atom. The Morgan fingerprint density at radius 1 is 1.26 bits per heavy atom. The maximum atomic E-state index is 12.2. The summed E-state index contributed by atoms with van der Waals surface area (Å²) in [4.78, 5) is 20.6. The summed E-state index contributed by atoms with van der Waals surface area (Å²) in [7, 11) is 0. The van der Waals surface area contributed by atoms with Crippen LogP contribution in [0.4, 0.5) is 16.6 Å². The molecule has 0 aliphatic rings. The molecule has 0 aliphatic heterocycles. The first kappa shape index (κ1) is 15.5. The van der Waals surface area contributed by atoms with E-state index in [4.69, 9.17) is 11.6 Å². The van der Waals surface area contributed by atoms with Gasteiger partial charge in [-0.15, -0.1) is 11.3 Å². The van der Waals surface area contributed by atoms with Crippen molar-refractivity contribution >= 4 is 45.5 Å². The van der Waals surface area contributed by atoms with E-state index < -0.39 is 0 Å². The third kappa shape index (κ3) is 3.85. The second-order valence-corrected chi connectivity index (χ2v) is 6.06. The number of amides is 1. The van der Waals surface area contributed by atoms with Gasteiger partial charge < -0.3 is 10.6 Å². The molecule has 0 unspecified atom stereocenters. The van der Waals surface area contributed by atoms with E-state index in [9.17, 15) is 4.79 Å². The molecule has 7 heteroatoms.